The predicted molar refractivity (Wildman–Crippen MR) is 120 cm³/mol. The number of methoxy groups -OCH3 is 2. The summed E-state index contributed by atoms with van der Waals surface area (Å²) < 4.78 is 44.1. The summed E-state index contributed by atoms with van der Waals surface area (Å²) in [5, 5.41) is 2.76. The second-order valence-electron chi connectivity index (χ2n) is 7.00. The van der Waals surface area contributed by atoms with Gasteiger partial charge >= 0.3 is 0 Å². The van der Waals surface area contributed by atoms with E-state index in [1.807, 2.05) is 0 Å². The number of ether oxygens (including phenoxy) is 3. The van der Waals surface area contributed by atoms with E-state index < -0.39 is 22.0 Å². The zero-order valence-corrected chi connectivity index (χ0v) is 18.3. The molecule has 1 amide bonds. The molecule has 3 aromatic rings. The molecule has 4 rings (SSSR count). The first-order chi connectivity index (χ1) is 15.4. The molecule has 1 aliphatic rings. The van der Waals surface area contributed by atoms with Crippen molar-refractivity contribution in [2.24, 2.45) is 0 Å². The third-order valence-electron chi connectivity index (χ3n) is 5.03. The Hall–Kier alpha value is -3.72. The Labute approximate surface area is 186 Å². The Kier molecular flexibility index (Phi) is 5.91. The molecule has 0 saturated heterocycles. The van der Waals surface area contributed by atoms with Crippen LogP contribution in [-0.4, -0.2) is 41.2 Å². The van der Waals surface area contributed by atoms with Gasteiger partial charge in [0.05, 0.1) is 31.3 Å². The molecule has 32 heavy (non-hydrogen) atoms. The van der Waals surface area contributed by atoms with Crippen LogP contribution < -0.4 is 23.8 Å². The van der Waals surface area contributed by atoms with Crippen molar-refractivity contribution in [1.82, 2.24) is 0 Å². The van der Waals surface area contributed by atoms with Crippen molar-refractivity contribution >= 4 is 27.3 Å². The maximum Gasteiger partial charge on any atom is 0.267 e. The average Bonchev–Trinajstić information content (AvgIpc) is 2.83. The number of hydrogen-bond donors (Lipinski definition) is 1. The van der Waals surface area contributed by atoms with E-state index in [1.165, 1.54) is 23.5 Å². The molecule has 0 aliphatic carbocycles. The van der Waals surface area contributed by atoms with E-state index in [4.69, 9.17) is 14.2 Å². The Morgan fingerprint density at radius 2 is 1.53 bits per heavy atom. The molecule has 0 aromatic heterocycles. The first kappa shape index (κ1) is 21.5. The zero-order chi connectivity index (χ0) is 22.7. The van der Waals surface area contributed by atoms with E-state index in [1.54, 1.807) is 67.8 Å². The van der Waals surface area contributed by atoms with E-state index in [0.29, 0.717) is 28.6 Å². The predicted octanol–water partition coefficient (Wildman–Crippen LogP) is 3.30. The Morgan fingerprint density at radius 3 is 2.16 bits per heavy atom. The lowest BCUT2D eigenvalue weighted by Crippen LogP contribution is -2.48. The van der Waals surface area contributed by atoms with Gasteiger partial charge in [-0.15, -0.1) is 0 Å². The van der Waals surface area contributed by atoms with Crippen molar-refractivity contribution in [3.8, 4) is 17.2 Å². The van der Waals surface area contributed by atoms with Gasteiger partial charge < -0.3 is 19.5 Å². The number of hydrogen-bond acceptors (Lipinski definition) is 6. The molecule has 0 unspecified atom stereocenters. The minimum atomic E-state index is -3.95. The van der Waals surface area contributed by atoms with Crippen molar-refractivity contribution in [3.63, 3.8) is 0 Å². The monoisotopic (exact) mass is 454 g/mol. The van der Waals surface area contributed by atoms with Crippen LogP contribution in [-0.2, 0) is 14.8 Å². The number of nitrogens with zero attached hydrogens (tertiary/aromatic N) is 1. The highest BCUT2D eigenvalue weighted by Crippen LogP contribution is 2.37. The molecule has 0 saturated carbocycles. The maximum atomic E-state index is 13.4. The summed E-state index contributed by atoms with van der Waals surface area (Å²) in [6, 6.07) is 19.6. The van der Waals surface area contributed by atoms with Gasteiger partial charge in [-0.25, -0.2) is 8.42 Å². The quantitative estimate of drug-likeness (QED) is 0.614. The van der Waals surface area contributed by atoms with Gasteiger partial charge in [-0.3, -0.25) is 9.10 Å². The van der Waals surface area contributed by atoms with Gasteiger partial charge in [0.2, 0.25) is 0 Å². The van der Waals surface area contributed by atoms with E-state index in [2.05, 4.69) is 5.32 Å². The molecule has 0 fully saturated rings. The largest absolute Gasteiger partial charge is 0.497 e. The summed E-state index contributed by atoms with van der Waals surface area (Å²) in [5.74, 6) is 1.05. The molecule has 3 aromatic carbocycles. The Bertz CT molecular complexity index is 1210. The van der Waals surface area contributed by atoms with Crippen molar-refractivity contribution in [1.29, 1.82) is 0 Å². The molecule has 1 atom stereocenters. The second-order valence-corrected chi connectivity index (χ2v) is 8.87. The number of carbonyl (C=O) groups is 1. The van der Waals surface area contributed by atoms with Crippen molar-refractivity contribution in [2.75, 3.05) is 30.4 Å². The summed E-state index contributed by atoms with van der Waals surface area (Å²) in [5.41, 5.74) is 0.916. The van der Waals surface area contributed by atoms with Crippen LogP contribution in [0.3, 0.4) is 0 Å². The van der Waals surface area contributed by atoms with Crippen LogP contribution in [0, 0.1) is 0 Å². The fourth-order valence-corrected chi connectivity index (χ4v) is 4.81. The van der Waals surface area contributed by atoms with E-state index >= 15 is 0 Å². The third kappa shape index (κ3) is 4.19. The highest BCUT2D eigenvalue weighted by molar-refractivity contribution is 7.92. The highest BCUT2D eigenvalue weighted by Gasteiger charge is 2.37. The highest BCUT2D eigenvalue weighted by atomic mass is 32.2. The van der Waals surface area contributed by atoms with Gasteiger partial charge in [-0.2, -0.15) is 0 Å². The number of nitrogens with one attached hydrogen (secondary N) is 1. The number of anilines is 2. The zero-order valence-electron chi connectivity index (χ0n) is 17.5. The summed E-state index contributed by atoms with van der Waals surface area (Å²) in [6.07, 6.45) is -1.04. The van der Waals surface area contributed by atoms with Gasteiger partial charge in [0.25, 0.3) is 15.9 Å². The molecule has 0 spiro atoms. The maximum absolute atomic E-state index is 13.4. The summed E-state index contributed by atoms with van der Waals surface area (Å²) in [4.78, 5) is 13.0. The molecule has 1 heterocycles. The van der Waals surface area contributed by atoms with Crippen LogP contribution in [0.15, 0.2) is 77.7 Å². The fraction of sp³-hybridized carbons (Fsp3) is 0.174. The number of benzene rings is 3. The first-order valence-electron chi connectivity index (χ1n) is 9.80. The number of para-hydroxylation sites is 2. The number of sulfonamides is 1. The van der Waals surface area contributed by atoms with Crippen molar-refractivity contribution < 1.29 is 27.4 Å². The second kappa shape index (κ2) is 8.80. The Morgan fingerprint density at radius 1 is 0.938 bits per heavy atom. The summed E-state index contributed by atoms with van der Waals surface area (Å²) >= 11 is 0. The van der Waals surface area contributed by atoms with Gasteiger partial charge in [-0.05, 0) is 60.7 Å². The van der Waals surface area contributed by atoms with Crippen molar-refractivity contribution in [2.45, 2.75) is 11.0 Å². The standard InChI is InChI=1S/C23H22N2O6S/c1-29-17-9-7-16(8-10-17)24-23(26)22-15-25(20-5-3-4-6-21(20)31-22)32(27,28)19-13-11-18(30-2)12-14-19/h3-14,22H,15H2,1-2H3,(H,24,26)/t22-/m0/s1. The minimum Gasteiger partial charge on any atom is -0.497 e. The van der Waals surface area contributed by atoms with Crippen LogP contribution in [0.5, 0.6) is 17.2 Å². The molecule has 8 nitrogen and oxygen atoms in total. The molecular formula is C23H22N2O6S. The van der Waals surface area contributed by atoms with E-state index in [0.717, 1.165) is 0 Å². The number of fused-ring (bicyclic) bond motifs is 1. The molecule has 9 heteroatoms. The van der Waals surface area contributed by atoms with E-state index in [9.17, 15) is 13.2 Å². The Balaban J connectivity index is 1.62. The molecule has 0 bridgehead atoms. The van der Waals surface area contributed by atoms with Crippen LogP contribution in [0.25, 0.3) is 0 Å². The van der Waals surface area contributed by atoms with Gasteiger partial charge in [0.15, 0.2) is 6.10 Å². The van der Waals surface area contributed by atoms with Crippen LogP contribution in [0.4, 0.5) is 11.4 Å². The summed E-state index contributed by atoms with van der Waals surface area (Å²) in [6.45, 7) is -0.173. The average molecular weight is 455 g/mol. The summed E-state index contributed by atoms with van der Waals surface area (Å²) in [7, 11) is -0.885. The van der Waals surface area contributed by atoms with Gasteiger partial charge in [0, 0.05) is 5.69 Å². The fourth-order valence-electron chi connectivity index (χ4n) is 3.34. The number of amides is 1. The smallest absolute Gasteiger partial charge is 0.267 e. The molecule has 1 aliphatic heterocycles. The van der Waals surface area contributed by atoms with Crippen LogP contribution in [0.1, 0.15) is 0 Å². The third-order valence-corrected chi connectivity index (χ3v) is 6.83. The first-order valence-corrected chi connectivity index (χ1v) is 11.2. The topological polar surface area (TPSA) is 94.2 Å². The van der Waals surface area contributed by atoms with Crippen LogP contribution >= 0.6 is 0 Å². The molecule has 1 N–H and O–H groups in total. The molecule has 166 valence electrons. The van der Waals surface area contributed by atoms with Crippen molar-refractivity contribution in [3.05, 3.63) is 72.8 Å². The molecule has 0 radical (unpaired) electrons. The molecular weight excluding hydrogens is 432 g/mol. The minimum absolute atomic E-state index is 0.0873. The van der Waals surface area contributed by atoms with Crippen LogP contribution in [0.2, 0.25) is 0 Å². The normalized spacial score (nSPS) is 15.3. The van der Waals surface area contributed by atoms with Gasteiger partial charge in [-0.1, -0.05) is 12.1 Å². The lowest BCUT2D eigenvalue weighted by atomic mass is 10.2. The number of carbonyl (C=O) groups excluding carboxylic acids is 1. The number of rotatable bonds is 6. The van der Waals surface area contributed by atoms with Gasteiger partial charge in [0.1, 0.15) is 17.2 Å². The lowest BCUT2D eigenvalue weighted by Gasteiger charge is -2.34. The van der Waals surface area contributed by atoms with E-state index in [-0.39, 0.29) is 11.4 Å². The lowest BCUT2D eigenvalue weighted by molar-refractivity contribution is -0.122. The SMILES string of the molecule is COc1ccc(NC(=O)[C@@H]2CN(S(=O)(=O)c3ccc(OC)cc3)c3ccccc3O2)cc1.